The van der Waals surface area contributed by atoms with E-state index in [1.54, 1.807) is 11.3 Å². The minimum atomic E-state index is 0.106. The molecule has 2 fully saturated rings. The van der Waals surface area contributed by atoms with Crippen LogP contribution in [0.2, 0.25) is 0 Å². The Morgan fingerprint density at radius 3 is 2.42 bits per heavy atom. The summed E-state index contributed by atoms with van der Waals surface area (Å²) < 4.78 is 1.90. The second kappa shape index (κ2) is 12.7. The molecule has 0 saturated carbocycles. The van der Waals surface area contributed by atoms with Crippen molar-refractivity contribution >= 4 is 27.3 Å². The average molecular weight is 565 g/mol. The molecule has 1 amide bonds. The lowest BCUT2D eigenvalue weighted by Gasteiger charge is -2.38. The summed E-state index contributed by atoms with van der Waals surface area (Å²) in [5.74, 6) is 0.948. The minimum Gasteiger partial charge on any atom is -0.386 e. The van der Waals surface area contributed by atoms with Gasteiger partial charge < -0.3 is 20.0 Å². The monoisotopic (exact) mass is 564 g/mol. The molecule has 0 bridgehead atoms. The molecular weight excluding hydrogens is 520 g/mol. The van der Waals surface area contributed by atoms with Crippen LogP contribution < -0.4 is 10.2 Å². The number of hydrogen-bond acceptors (Lipinski definition) is 8. The predicted molar refractivity (Wildman–Crippen MR) is 164 cm³/mol. The van der Waals surface area contributed by atoms with Gasteiger partial charge >= 0.3 is 0 Å². The molecule has 1 N–H and O–H groups in total. The second-order valence-electron chi connectivity index (χ2n) is 11.7. The lowest BCUT2D eigenvalue weighted by Crippen LogP contribution is -2.52. The van der Waals surface area contributed by atoms with E-state index >= 15 is 0 Å². The molecule has 0 unspecified atom stereocenters. The van der Waals surface area contributed by atoms with Crippen molar-refractivity contribution in [2.75, 3.05) is 77.9 Å². The van der Waals surface area contributed by atoms with Gasteiger partial charge in [0.1, 0.15) is 0 Å². The number of nitrogens with one attached hydrogen (secondary N) is 1. The Morgan fingerprint density at radius 1 is 1.10 bits per heavy atom. The van der Waals surface area contributed by atoms with Crippen LogP contribution in [0.1, 0.15) is 38.2 Å². The summed E-state index contributed by atoms with van der Waals surface area (Å²) in [6.45, 7) is 16.5. The van der Waals surface area contributed by atoms with Crippen LogP contribution in [0.5, 0.6) is 0 Å². The lowest BCUT2D eigenvalue weighted by molar-refractivity contribution is -0.137. The first kappa shape index (κ1) is 28.6. The van der Waals surface area contributed by atoms with E-state index in [0.717, 1.165) is 98.8 Å². The average Bonchev–Trinajstić information content (AvgIpc) is 3.53. The SMILES string of the molecule is C=C(CN1CCN(C(=O)C2CCN(c3nn4cc(-c5ccc(C(C)C)cc5)nc4s3)CC2)CC1)NCCN(C)C. The molecular formula is C30H44N8OS. The number of carbonyl (C=O) groups is 1. The molecule has 1 aromatic carbocycles. The third kappa shape index (κ3) is 6.85. The standard InChI is InChI=1S/C30H44N8OS/c1-22(2)24-6-8-25(9-7-24)27-21-38-29(32-27)40-30(33-38)37-13-10-26(11-14-37)28(39)36-18-16-35(17-19-36)20-23(3)31-12-15-34(4)5/h6-9,21-22,26,31H,3,10-20H2,1-2,4-5H3. The summed E-state index contributed by atoms with van der Waals surface area (Å²) in [5, 5.41) is 9.23. The molecule has 0 spiro atoms. The maximum Gasteiger partial charge on any atom is 0.225 e. The van der Waals surface area contributed by atoms with Crippen LogP contribution in [0.25, 0.3) is 16.2 Å². The van der Waals surface area contributed by atoms with Crippen molar-refractivity contribution in [3.05, 3.63) is 48.3 Å². The zero-order valence-corrected chi connectivity index (χ0v) is 25.3. The van der Waals surface area contributed by atoms with Gasteiger partial charge in [-0.05, 0) is 38.4 Å². The number of nitrogens with zero attached hydrogens (tertiary/aromatic N) is 7. The predicted octanol–water partition coefficient (Wildman–Crippen LogP) is 3.61. The van der Waals surface area contributed by atoms with Crippen molar-refractivity contribution in [1.29, 1.82) is 0 Å². The van der Waals surface area contributed by atoms with E-state index in [-0.39, 0.29) is 5.92 Å². The van der Waals surface area contributed by atoms with Gasteiger partial charge in [0, 0.05) is 76.1 Å². The number of imidazole rings is 1. The Hall–Kier alpha value is -2.95. The van der Waals surface area contributed by atoms with Crippen LogP contribution in [-0.4, -0.2) is 108 Å². The molecule has 216 valence electrons. The van der Waals surface area contributed by atoms with Crippen LogP contribution in [0, 0.1) is 5.92 Å². The van der Waals surface area contributed by atoms with Crippen LogP contribution in [-0.2, 0) is 4.79 Å². The van der Waals surface area contributed by atoms with E-state index in [0.29, 0.717) is 11.8 Å². The fourth-order valence-electron chi connectivity index (χ4n) is 5.48. The summed E-state index contributed by atoms with van der Waals surface area (Å²) in [6, 6.07) is 8.65. The van der Waals surface area contributed by atoms with Gasteiger partial charge in [-0.3, -0.25) is 9.69 Å². The van der Waals surface area contributed by atoms with Crippen LogP contribution in [0.3, 0.4) is 0 Å². The van der Waals surface area contributed by atoms with Crippen LogP contribution in [0.15, 0.2) is 42.7 Å². The highest BCUT2D eigenvalue weighted by Gasteiger charge is 2.31. The summed E-state index contributed by atoms with van der Waals surface area (Å²) in [7, 11) is 4.15. The van der Waals surface area contributed by atoms with Crippen molar-refractivity contribution in [3.63, 3.8) is 0 Å². The van der Waals surface area contributed by atoms with Gasteiger partial charge in [0.2, 0.25) is 16.0 Å². The third-order valence-electron chi connectivity index (χ3n) is 8.05. The molecule has 2 aliphatic heterocycles. The van der Waals surface area contributed by atoms with Crippen LogP contribution in [0.4, 0.5) is 5.13 Å². The number of rotatable bonds is 10. The maximum absolute atomic E-state index is 13.3. The highest BCUT2D eigenvalue weighted by molar-refractivity contribution is 7.20. The van der Waals surface area contributed by atoms with Crippen molar-refractivity contribution in [3.8, 4) is 11.3 Å². The number of aromatic nitrogens is 3. The molecule has 0 radical (unpaired) electrons. The van der Waals surface area contributed by atoms with E-state index in [1.807, 2.05) is 10.7 Å². The molecule has 0 atom stereocenters. The van der Waals surface area contributed by atoms with Gasteiger partial charge in [-0.15, -0.1) is 5.10 Å². The number of piperidine rings is 1. The highest BCUT2D eigenvalue weighted by atomic mass is 32.1. The first-order chi connectivity index (χ1) is 19.3. The first-order valence-corrected chi connectivity index (χ1v) is 15.4. The van der Waals surface area contributed by atoms with Gasteiger partial charge in [0.15, 0.2) is 0 Å². The topological polar surface area (TPSA) is 72.2 Å². The number of hydrogen-bond donors (Lipinski definition) is 1. The molecule has 10 heteroatoms. The van der Waals surface area contributed by atoms with Crippen molar-refractivity contribution in [2.24, 2.45) is 5.92 Å². The van der Waals surface area contributed by atoms with Gasteiger partial charge in [0.25, 0.3) is 0 Å². The molecule has 2 aliphatic rings. The molecule has 4 heterocycles. The number of likely N-dealkylation sites (N-methyl/N-ethyl adjacent to an activating group) is 1. The molecule has 5 rings (SSSR count). The summed E-state index contributed by atoms with van der Waals surface area (Å²) >= 11 is 1.63. The number of carbonyl (C=O) groups excluding carboxylic acids is 1. The van der Waals surface area contributed by atoms with Gasteiger partial charge in [-0.2, -0.15) is 0 Å². The van der Waals surface area contributed by atoms with E-state index < -0.39 is 0 Å². The molecule has 40 heavy (non-hydrogen) atoms. The quantitative estimate of drug-likeness (QED) is 0.403. The fourth-order valence-corrected chi connectivity index (χ4v) is 6.41. The number of benzene rings is 1. The molecule has 2 aromatic heterocycles. The summed E-state index contributed by atoms with van der Waals surface area (Å²) in [4.78, 5) is 28.0. The Balaban J connectivity index is 1.08. The number of amides is 1. The minimum absolute atomic E-state index is 0.106. The highest BCUT2D eigenvalue weighted by Crippen LogP contribution is 2.30. The molecule has 9 nitrogen and oxygen atoms in total. The lowest BCUT2D eigenvalue weighted by atomic mass is 9.95. The normalized spacial score (nSPS) is 17.4. The molecule has 0 aliphatic carbocycles. The second-order valence-corrected chi connectivity index (χ2v) is 12.6. The van der Waals surface area contributed by atoms with Gasteiger partial charge in [0.05, 0.1) is 11.9 Å². The van der Waals surface area contributed by atoms with E-state index in [1.165, 1.54) is 5.56 Å². The van der Waals surface area contributed by atoms with E-state index in [2.05, 4.69) is 83.7 Å². The number of anilines is 1. The zero-order valence-electron chi connectivity index (χ0n) is 24.5. The Morgan fingerprint density at radius 2 is 1.80 bits per heavy atom. The van der Waals surface area contributed by atoms with Gasteiger partial charge in [-0.1, -0.05) is 56.0 Å². The Kier molecular flexibility index (Phi) is 9.07. The van der Waals surface area contributed by atoms with Crippen molar-refractivity contribution in [1.82, 2.24) is 34.6 Å². The first-order valence-electron chi connectivity index (χ1n) is 14.6. The molecule has 3 aromatic rings. The van der Waals surface area contributed by atoms with Crippen LogP contribution >= 0.6 is 11.3 Å². The fraction of sp³-hybridized carbons (Fsp3) is 0.567. The van der Waals surface area contributed by atoms with E-state index in [9.17, 15) is 4.79 Å². The maximum atomic E-state index is 13.3. The largest absolute Gasteiger partial charge is 0.386 e. The zero-order chi connectivity index (χ0) is 28.2. The van der Waals surface area contributed by atoms with E-state index in [4.69, 9.17) is 10.1 Å². The van der Waals surface area contributed by atoms with Gasteiger partial charge in [-0.25, -0.2) is 9.50 Å². The number of fused-ring (bicyclic) bond motifs is 1. The Labute approximate surface area is 242 Å². The summed E-state index contributed by atoms with van der Waals surface area (Å²) in [6.07, 6.45) is 3.77. The number of piperazine rings is 1. The van der Waals surface area contributed by atoms with Crippen molar-refractivity contribution in [2.45, 2.75) is 32.6 Å². The third-order valence-corrected chi connectivity index (χ3v) is 9.04. The summed E-state index contributed by atoms with van der Waals surface area (Å²) in [5.41, 5.74) is 4.46. The molecule has 2 saturated heterocycles. The van der Waals surface area contributed by atoms with Crippen molar-refractivity contribution < 1.29 is 4.79 Å². The Bertz CT molecular complexity index is 1250. The smallest absolute Gasteiger partial charge is 0.225 e.